The minimum Gasteiger partial charge on any atom is -0.453 e. The van der Waals surface area contributed by atoms with Crippen LogP contribution in [0.3, 0.4) is 0 Å². The van der Waals surface area contributed by atoms with Gasteiger partial charge in [-0.2, -0.15) is 5.10 Å². The molecule has 6 nitrogen and oxygen atoms in total. The van der Waals surface area contributed by atoms with Crippen LogP contribution in [0.5, 0.6) is 0 Å². The molecule has 0 fully saturated rings. The van der Waals surface area contributed by atoms with Crippen molar-refractivity contribution in [3.8, 4) is 0 Å². The lowest BCUT2D eigenvalue weighted by Gasteiger charge is -2.23. The number of ether oxygens (including phenoxy) is 2. The van der Waals surface area contributed by atoms with Crippen molar-refractivity contribution in [1.82, 2.24) is 14.8 Å². The molecule has 0 saturated carbocycles. The first-order chi connectivity index (χ1) is 9.16. The summed E-state index contributed by atoms with van der Waals surface area (Å²) in [6.07, 6.45) is 9.97. The Balaban J connectivity index is 1.84. The number of nitrogens with two attached hydrogens (primary N) is 1. The number of aromatic nitrogens is 3. The molecule has 0 aliphatic carbocycles. The van der Waals surface area contributed by atoms with Crippen LogP contribution in [-0.2, 0) is 21.8 Å². The van der Waals surface area contributed by atoms with Gasteiger partial charge in [0.05, 0.1) is 24.0 Å². The summed E-state index contributed by atoms with van der Waals surface area (Å²) in [4.78, 5) is 4.22. The lowest BCUT2D eigenvalue weighted by Crippen LogP contribution is -2.22. The van der Waals surface area contributed by atoms with Gasteiger partial charge in [0.15, 0.2) is 0 Å². The van der Waals surface area contributed by atoms with Crippen LogP contribution in [-0.4, -0.2) is 14.8 Å². The van der Waals surface area contributed by atoms with Crippen molar-refractivity contribution in [3.63, 3.8) is 0 Å². The minimum atomic E-state index is -0.799. The fourth-order valence-corrected chi connectivity index (χ4v) is 1.95. The lowest BCUT2D eigenvalue weighted by molar-refractivity contribution is -0.133. The molecule has 6 heteroatoms. The second-order valence-corrected chi connectivity index (χ2v) is 4.51. The summed E-state index contributed by atoms with van der Waals surface area (Å²) in [5, 5.41) is 4.14. The summed E-state index contributed by atoms with van der Waals surface area (Å²) in [6.45, 7) is 2.45. The Morgan fingerprint density at radius 2 is 2.05 bits per heavy atom. The monoisotopic (exact) mass is 258 g/mol. The quantitative estimate of drug-likeness (QED) is 0.905. The normalized spacial score (nSPS) is 16.1. The fraction of sp³-hybridized carbons (Fsp3) is 0.231. The number of hydrogen-bond donors (Lipinski definition) is 1. The second-order valence-electron chi connectivity index (χ2n) is 4.51. The van der Waals surface area contributed by atoms with Gasteiger partial charge in [0.1, 0.15) is 12.5 Å². The molecule has 3 rings (SSSR count). The summed E-state index contributed by atoms with van der Waals surface area (Å²) < 4.78 is 12.7. The molecule has 1 aliphatic rings. The van der Waals surface area contributed by atoms with Crippen LogP contribution in [0.1, 0.15) is 18.1 Å². The Morgan fingerprint density at radius 1 is 1.26 bits per heavy atom. The predicted molar refractivity (Wildman–Crippen MR) is 68.6 cm³/mol. The van der Waals surface area contributed by atoms with Crippen LogP contribution in [0.4, 0.5) is 5.69 Å². The highest BCUT2D eigenvalue weighted by molar-refractivity contribution is 5.31. The van der Waals surface area contributed by atoms with Gasteiger partial charge in [-0.25, -0.2) is 0 Å². The van der Waals surface area contributed by atoms with Gasteiger partial charge in [-0.1, -0.05) is 0 Å². The van der Waals surface area contributed by atoms with E-state index in [0.717, 1.165) is 11.1 Å². The molecule has 0 radical (unpaired) electrons. The van der Waals surface area contributed by atoms with Gasteiger partial charge < -0.3 is 15.2 Å². The highest BCUT2D eigenvalue weighted by Gasteiger charge is 2.32. The van der Waals surface area contributed by atoms with Crippen molar-refractivity contribution in [1.29, 1.82) is 0 Å². The molecule has 0 saturated heterocycles. The Morgan fingerprint density at radius 3 is 2.74 bits per heavy atom. The van der Waals surface area contributed by atoms with Crippen LogP contribution in [0.15, 0.2) is 43.4 Å². The third-order valence-electron chi connectivity index (χ3n) is 2.96. The largest absolute Gasteiger partial charge is 0.453 e. The molecule has 2 aromatic rings. The van der Waals surface area contributed by atoms with E-state index < -0.39 is 5.79 Å². The molecule has 0 spiro atoms. The van der Waals surface area contributed by atoms with E-state index in [1.165, 1.54) is 12.5 Å². The Labute approximate surface area is 110 Å². The average molecular weight is 258 g/mol. The van der Waals surface area contributed by atoms with Crippen molar-refractivity contribution in [2.24, 2.45) is 0 Å². The Kier molecular flexibility index (Phi) is 2.63. The van der Waals surface area contributed by atoms with Gasteiger partial charge in [0.2, 0.25) is 0 Å². The van der Waals surface area contributed by atoms with Gasteiger partial charge >= 0.3 is 0 Å². The van der Waals surface area contributed by atoms with Crippen molar-refractivity contribution in [3.05, 3.63) is 54.5 Å². The first-order valence-corrected chi connectivity index (χ1v) is 5.89. The molecule has 2 aromatic heterocycles. The molecule has 19 heavy (non-hydrogen) atoms. The zero-order chi connectivity index (χ0) is 13.3. The van der Waals surface area contributed by atoms with E-state index in [-0.39, 0.29) is 0 Å². The third-order valence-corrected chi connectivity index (χ3v) is 2.96. The number of rotatable bonds is 3. The standard InChI is InChI=1S/C13H14N4O2/c1-13(18-2-3-19-13)11-4-10(5-15-6-11)8-17-9-12(14)7-16-17/h2-7,9H,8,14H2,1H3. The van der Waals surface area contributed by atoms with Gasteiger partial charge in [0, 0.05) is 25.5 Å². The molecule has 3 heterocycles. The van der Waals surface area contributed by atoms with Crippen molar-refractivity contribution < 1.29 is 9.47 Å². The van der Waals surface area contributed by atoms with Crippen molar-refractivity contribution in [2.45, 2.75) is 19.3 Å². The molecule has 0 aromatic carbocycles. The molecular formula is C13H14N4O2. The minimum absolute atomic E-state index is 0.599. The maximum Gasteiger partial charge on any atom is 0.275 e. The fourth-order valence-electron chi connectivity index (χ4n) is 1.95. The molecule has 0 amide bonds. The molecule has 1 aliphatic heterocycles. The maximum absolute atomic E-state index is 5.64. The van der Waals surface area contributed by atoms with E-state index in [9.17, 15) is 0 Å². The van der Waals surface area contributed by atoms with E-state index in [2.05, 4.69) is 10.1 Å². The summed E-state index contributed by atoms with van der Waals surface area (Å²) in [6, 6.07) is 1.98. The van der Waals surface area contributed by atoms with Crippen LogP contribution < -0.4 is 5.73 Å². The summed E-state index contributed by atoms with van der Waals surface area (Å²) in [5.41, 5.74) is 8.13. The SMILES string of the molecule is CC1(c2cncc(Cn3cc(N)cn3)c2)OC=CO1. The number of nitrogen functional groups attached to an aromatic ring is 1. The third kappa shape index (κ3) is 2.24. The van der Waals surface area contributed by atoms with Crippen molar-refractivity contribution in [2.75, 3.05) is 5.73 Å². The highest BCUT2D eigenvalue weighted by atomic mass is 16.7. The summed E-state index contributed by atoms with van der Waals surface area (Å²) in [5.74, 6) is -0.799. The predicted octanol–water partition coefficient (Wildman–Crippen LogP) is 1.60. The van der Waals surface area contributed by atoms with Gasteiger partial charge in [-0.3, -0.25) is 9.67 Å². The number of nitrogens with zero attached hydrogens (tertiary/aromatic N) is 3. The van der Waals surface area contributed by atoms with E-state index in [1.54, 1.807) is 29.5 Å². The van der Waals surface area contributed by atoms with Gasteiger partial charge in [-0.05, 0) is 11.6 Å². The topological polar surface area (TPSA) is 75.2 Å². The molecule has 0 atom stereocenters. The van der Waals surface area contributed by atoms with Gasteiger partial charge in [0.25, 0.3) is 5.79 Å². The smallest absolute Gasteiger partial charge is 0.275 e. The van der Waals surface area contributed by atoms with Crippen LogP contribution >= 0.6 is 0 Å². The molecular weight excluding hydrogens is 244 g/mol. The van der Waals surface area contributed by atoms with Crippen LogP contribution in [0, 0.1) is 0 Å². The average Bonchev–Trinajstić information content (AvgIpc) is 3.00. The lowest BCUT2D eigenvalue weighted by atomic mass is 10.1. The zero-order valence-corrected chi connectivity index (χ0v) is 10.5. The van der Waals surface area contributed by atoms with E-state index >= 15 is 0 Å². The van der Waals surface area contributed by atoms with Crippen LogP contribution in [0.25, 0.3) is 0 Å². The summed E-state index contributed by atoms with van der Waals surface area (Å²) >= 11 is 0. The van der Waals surface area contributed by atoms with Crippen LogP contribution in [0.2, 0.25) is 0 Å². The Bertz CT molecular complexity index is 613. The highest BCUT2D eigenvalue weighted by Crippen LogP contribution is 2.31. The number of hydrogen-bond acceptors (Lipinski definition) is 5. The number of pyridine rings is 1. The zero-order valence-electron chi connectivity index (χ0n) is 10.5. The molecule has 2 N–H and O–H groups in total. The molecule has 98 valence electrons. The Hall–Kier alpha value is -2.50. The molecule has 0 bridgehead atoms. The van der Waals surface area contributed by atoms with Gasteiger partial charge in [-0.15, -0.1) is 0 Å². The first kappa shape index (κ1) is 11.6. The molecule has 0 unspecified atom stereocenters. The van der Waals surface area contributed by atoms with E-state index in [1.807, 2.05) is 13.0 Å². The van der Waals surface area contributed by atoms with Crippen molar-refractivity contribution >= 4 is 5.69 Å². The van der Waals surface area contributed by atoms with E-state index in [4.69, 9.17) is 15.2 Å². The van der Waals surface area contributed by atoms with E-state index in [0.29, 0.717) is 12.2 Å². The number of anilines is 1. The maximum atomic E-state index is 5.64. The summed E-state index contributed by atoms with van der Waals surface area (Å²) in [7, 11) is 0. The second kappa shape index (κ2) is 4.31. The first-order valence-electron chi connectivity index (χ1n) is 5.89.